The van der Waals surface area contributed by atoms with E-state index in [2.05, 4.69) is 9.98 Å². The first-order valence-electron chi connectivity index (χ1n) is 4.45. The van der Waals surface area contributed by atoms with Crippen molar-refractivity contribution in [2.75, 3.05) is 6.26 Å². The molecule has 0 N–H and O–H groups in total. The minimum Gasteiger partial charge on any atom is -0.259 e. The fourth-order valence-electron chi connectivity index (χ4n) is 1.06. The fourth-order valence-corrected chi connectivity index (χ4v) is 3.20. The fraction of sp³-hybridized carbons (Fsp3) is 0.100. The Bertz CT molecular complexity index is 544. The van der Waals surface area contributed by atoms with Crippen LogP contribution in [-0.4, -0.2) is 16.5 Å². The van der Waals surface area contributed by atoms with Gasteiger partial charge >= 0.3 is 5.24 Å². The molecule has 2 aromatic rings. The van der Waals surface area contributed by atoms with Gasteiger partial charge in [-0.1, -0.05) is 52.4 Å². The number of amides is 1. The van der Waals surface area contributed by atoms with E-state index in [9.17, 15) is 4.79 Å². The molecule has 6 heteroatoms. The van der Waals surface area contributed by atoms with Crippen LogP contribution in [0.25, 0.3) is 10.6 Å². The van der Waals surface area contributed by atoms with Crippen LogP contribution in [0.5, 0.6) is 0 Å². The monoisotopic (exact) mass is 268 g/mol. The van der Waals surface area contributed by atoms with Crippen LogP contribution in [0.4, 0.5) is 4.79 Å². The average Bonchev–Trinajstić information content (AvgIpc) is 2.78. The quantitative estimate of drug-likeness (QED) is 0.746. The van der Waals surface area contributed by atoms with E-state index < -0.39 is 0 Å². The zero-order valence-corrected chi connectivity index (χ0v) is 10.9. The Morgan fingerprint density at radius 1 is 1.31 bits per heavy atom. The number of rotatable bonds is 1. The minimum atomic E-state index is -0.207. The Balaban J connectivity index is 2.34. The van der Waals surface area contributed by atoms with Crippen molar-refractivity contribution in [3.8, 4) is 10.6 Å². The Morgan fingerprint density at radius 2 is 2.06 bits per heavy atom. The number of thioether (sulfide) groups is 1. The third-order valence-corrected chi connectivity index (χ3v) is 4.29. The lowest BCUT2D eigenvalue weighted by molar-refractivity contribution is 0.267. The van der Waals surface area contributed by atoms with Gasteiger partial charge in [-0.3, -0.25) is 4.79 Å². The molecular weight excluding hydrogens is 260 g/mol. The summed E-state index contributed by atoms with van der Waals surface area (Å²) in [5.41, 5.74) is 1.06. The molecule has 1 aromatic heterocycles. The van der Waals surface area contributed by atoms with Gasteiger partial charge in [-0.25, -0.2) is 4.98 Å². The molecule has 16 heavy (non-hydrogen) atoms. The second kappa shape index (κ2) is 5.38. The van der Waals surface area contributed by atoms with Crippen LogP contribution in [0, 0.1) is 0 Å². The van der Waals surface area contributed by atoms with Gasteiger partial charge in [0.2, 0.25) is 4.80 Å². The van der Waals surface area contributed by atoms with Gasteiger partial charge in [-0.05, 0) is 16.6 Å². The highest BCUT2D eigenvalue weighted by atomic mass is 32.9. The van der Waals surface area contributed by atoms with Gasteiger partial charge in [0.25, 0.3) is 0 Å². The number of carbonyl (C=O) groups is 1. The highest BCUT2D eigenvalue weighted by Crippen LogP contribution is 2.21. The topological polar surface area (TPSA) is 42.3 Å². The highest BCUT2D eigenvalue weighted by Gasteiger charge is 2.02. The van der Waals surface area contributed by atoms with Crippen LogP contribution in [0.3, 0.4) is 0 Å². The van der Waals surface area contributed by atoms with Gasteiger partial charge in [-0.2, -0.15) is 4.99 Å². The number of aromatic nitrogens is 1. The first kappa shape index (κ1) is 11.5. The van der Waals surface area contributed by atoms with E-state index in [1.165, 1.54) is 20.7 Å². The first-order chi connectivity index (χ1) is 7.79. The molecule has 0 saturated heterocycles. The maximum Gasteiger partial charge on any atom is 0.307 e. The summed E-state index contributed by atoms with van der Waals surface area (Å²) < 4.78 is 0. The Labute approximate surface area is 104 Å². The minimum absolute atomic E-state index is 0.207. The molecule has 1 amide bonds. The maximum absolute atomic E-state index is 11.1. The lowest BCUT2D eigenvalue weighted by atomic mass is 10.2. The normalized spacial score (nSPS) is 11.7. The molecule has 0 aliphatic carbocycles. The van der Waals surface area contributed by atoms with Crippen molar-refractivity contribution in [2.24, 2.45) is 4.99 Å². The SMILES string of the molecule is CSC(=O)/N=c1/nc(-c2ccccc2)ss1. The van der Waals surface area contributed by atoms with Crippen LogP contribution in [0.15, 0.2) is 35.3 Å². The van der Waals surface area contributed by atoms with Crippen molar-refractivity contribution in [3.05, 3.63) is 35.1 Å². The summed E-state index contributed by atoms with van der Waals surface area (Å²) in [6.45, 7) is 0. The number of benzene rings is 1. The first-order valence-corrected chi connectivity index (χ1v) is 7.82. The zero-order valence-electron chi connectivity index (χ0n) is 8.41. The molecule has 2 rings (SSSR count). The van der Waals surface area contributed by atoms with Gasteiger partial charge in [0.15, 0.2) is 0 Å². The van der Waals surface area contributed by atoms with Crippen molar-refractivity contribution >= 4 is 37.7 Å². The van der Waals surface area contributed by atoms with Gasteiger partial charge in [-0.15, -0.1) is 0 Å². The number of carbonyl (C=O) groups excluding carboxylic acids is 1. The predicted octanol–water partition coefficient (Wildman–Crippen LogP) is 3.26. The largest absolute Gasteiger partial charge is 0.307 e. The summed E-state index contributed by atoms with van der Waals surface area (Å²) in [4.78, 5) is 19.8. The van der Waals surface area contributed by atoms with Crippen molar-refractivity contribution in [2.45, 2.75) is 0 Å². The van der Waals surface area contributed by atoms with Crippen LogP contribution in [0.1, 0.15) is 0 Å². The van der Waals surface area contributed by atoms with E-state index >= 15 is 0 Å². The second-order valence-electron chi connectivity index (χ2n) is 2.81. The third-order valence-electron chi connectivity index (χ3n) is 1.77. The number of hydrogen-bond donors (Lipinski definition) is 0. The van der Waals surface area contributed by atoms with Gasteiger partial charge in [0.05, 0.1) is 0 Å². The molecule has 0 unspecified atom stereocenters. The van der Waals surface area contributed by atoms with Crippen molar-refractivity contribution in [1.82, 2.24) is 4.98 Å². The number of nitrogens with zero attached hydrogens (tertiary/aromatic N) is 2. The molecule has 0 bridgehead atoms. The summed E-state index contributed by atoms with van der Waals surface area (Å²) in [7, 11) is 2.95. The Hall–Kier alpha value is -0.980. The molecule has 3 nitrogen and oxygen atoms in total. The van der Waals surface area contributed by atoms with Crippen molar-refractivity contribution < 1.29 is 4.79 Å². The molecule has 0 radical (unpaired) electrons. The molecular formula is C10H8N2OS3. The maximum atomic E-state index is 11.1. The molecule has 1 aromatic carbocycles. The summed E-state index contributed by atoms with van der Waals surface area (Å²) >= 11 is 1.09. The van der Waals surface area contributed by atoms with E-state index in [0.717, 1.165) is 22.3 Å². The molecule has 0 saturated carbocycles. The predicted molar refractivity (Wildman–Crippen MR) is 69.9 cm³/mol. The molecule has 0 aliphatic rings. The molecule has 1 heterocycles. The summed E-state index contributed by atoms with van der Waals surface area (Å²) in [5, 5.41) is 0.694. The second-order valence-corrected chi connectivity index (χ2v) is 5.66. The van der Waals surface area contributed by atoms with Crippen LogP contribution >= 0.6 is 32.4 Å². The molecule has 0 aliphatic heterocycles. The summed E-state index contributed by atoms with van der Waals surface area (Å²) in [6, 6.07) is 9.87. The van der Waals surface area contributed by atoms with Gasteiger partial charge in [0, 0.05) is 5.56 Å². The molecule has 82 valence electrons. The van der Waals surface area contributed by atoms with E-state index in [1.807, 2.05) is 30.3 Å². The van der Waals surface area contributed by atoms with E-state index in [-0.39, 0.29) is 5.24 Å². The number of hydrogen-bond acceptors (Lipinski definition) is 5. The van der Waals surface area contributed by atoms with Crippen LogP contribution in [-0.2, 0) is 0 Å². The zero-order chi connectivity index (χ0) is 11.4. The molecule has 0 spiro atoms. The lowest BCUT2D eigenvalue weighted by Crippen LogP contribution is -2.00. The molecule has 0 fully saturated rings. The van der Waals surface area contributed by atoms with Crippen LogP contribution < -0.4 is 4.80 Å². The third kappa shape index (κ3) is 2.78. The van der Waals surface area contributed by atoms with Crippen LogP contribution in [0.2, 0.25) is 0 Å². The molecule has 0 atom stereocenters. The Kier molecular flexibility index (Phi) is 3.87. The smallest absolute Gasteiger partial charge is 0.259 e. The Morgan fingerprint density at radius 3 is 2.75 bits per heavy atom. The standard InChI is InChI=1S/C10H8N2OS3/c1-14-10(13)12-9-11-8(15-16-9)7-5-3-2-4-6-7/h2-6H,1H3/b12-9-. The van der Waals surface area contributed by atoms with Gasteiger partial charge < -0.3 is 0 Å². The summed E-state index contributed by atoms with van der Waals surface area (Å²) in [5.74, 6) is 0. The highest BCUT2D eigenvalue weighted by molar-refractivity contribution is 8.13. The summed E-state index contributed by atoms with van der Waals surface area (Å²) in [6.07, 6.45) is 1.71. The average molecular weight is 268 g/mol. The lowest BCUT2D eigenvalue weighted by Gasteiger charge is -1.91. The van der Waals surface area contributed by atoms with E-state index in [1.54, 1.807) is 6.26 Å². The van der Waals surface area contributed by atoms with E-state index in [0.29, 0.717) is 4.80 Å². The van der Waals surface area contributed by atoms with Gasteiger partial charge in [0.1, 0.15) is 5.01 Å². The van der Waals surface area contributed by atoms with Crippen molar-refractivity contribution in [1.29, 1.82) is 0 Å². The van der Waals surface area contributed by atoms with Crippen molar-refractivity contribution in [3.63, 3.8) is 0 Å². The van der Waals surface area contributed by atoms with E-state index in [4.69, 9.17) is 0 Å².